The van der Waals surface area contributed by atoms with Crippen molar-refractivity contribution in [2.75, 3.05) is 22.7 Å². The number of thiazole rings is 2. The first kappa shape index (κ1) is 36.5. The zero-order valence-electron chi connectivity index (χ0n) is 23.0. The molecule has 0 saturated heterocycles. The molecule has 21 heteroatoms. The Morgan fingerprint density at radius 3 is 1.71 bits per heavy atom. The molecule has 4 rings (SSSR count). The average molecular weight is 764 g/mol. The van der Waals surface area contributed by atoms with Gasteiger partial charge in [0.15, 0.2) is 10.3 Å². The van der Waals surface area contributed by atoms with Crippen LogP contribution in [0.5, 0.6) is 0 Å². The fourth-order valence-corrected chi connectivity index (χ4v) is 9.41. The van der Waals surface area contributed by atoms with Crippen molar-refractivity contribution in [1.82, 2.24) is 9.97 Å². The lowest BCUT2D eigenvalue weighted by Gasteiger charge is -2.06. The summed E-state index contributed by atoms with van der Waals surface area (Å²) in [6.07, 6.45) is 2.73. The van der Waals surface area contributed by atoms with Crippen LogP contribution in [0.4, 0.5) is 19.0 Å². The minimum atomic E-state index is -4.25. The summed E-state index contributed by atoms with van der Waals surface area (Å²) in [4.78, 5) is 30.7. The SMILES string of the molecule is CCOC(=O)Cc1cnc(NS(=O)(=O)c2cc(Cl)sc2Cl)s1.CCOC(=O)Cc1cnc(NS(=O)(=O)c2ccc(F)cc2F)s1. The lowest BCUT2D eigenvalue weighted by atomic mass is 10.3. The van der Waals surface area contributed by atoms with Crippen LogP contribution in [0.15, 0.2) is 46.5 Å². The lowest BCUT2D eigenvalue weighted by molar-refractivity contribution is -0.143. The number of ether oxygens (including phenoxy) is 2. The van der Waals surface area contributed by atoms with Gasteiger partial charge in [0.05, 0.1) is 30.4 Å². The predicted molar refractivity (Wildman–Crippen MR) is 167 cm³/mol. The van der Waals surface area contributed by atoms with Gasteiger partial charge in [0.1, 0.15) is 25.8 Å². The number of thiophene rings is 1. The maximum atomic E-state index is 13.6. The summed E-state index contributed by atoms with van der Waals surface area (Å²) >= 11 is 14.5. The molecule has 0 fully saturated rings. The van der Waals surface area contributed by atoms with Crippen molar-refractivity contribution in [2.45, 2.75) is 36.5 Å². The first-order valence-electron chi connectivity index (χ1n) is 12.3. The van der Waals surface area contributed by atoms with Gasteiger partial charge in [-0.15, -0.1) is 34.0 Å². The monoisotopic (exact) mass is 762 g/mol. The third-order valence-electron chi connectivity index (χ3n) is 4.90. The number of sulfonamides is 2. The maximum Gasteiger partial charge on any atom is 0.311 e. The third kappa shape index (κ3) is 10.8. The topological polar surface area (TPSA) is 171 Å². The van der Waals surface area contributed by atoms with Crippen LogP contribution in [0.1, 0.15) is 23.6 Å². The van der Waals surface area contributed by atoms with E-state index >= 15 is 0 Å². The Labute approximate surface area is 278 Å². The molecule has 0 radical (unpaired) electrons. The van der Waals surface area contributed by atoms with Gasteiger partial charge in [-0.25, -0.2) is 35.6 Å². The molecular formula is C24H22Cl2F2N4O8S5. The van der Waals surface area contributed by atoms with Crippen LogP contribution >= 0.6 is 57.2 Å². The van der Waals surface area contributed by atoms with E-state index in [9.17, 15) is 35.2 Å². The van der Waals surface area contributed by atoms with Crippen LogP contribution in [0.3, 0.4) is 0 Å². The number of esters is 2. The van der Waals surface area contributed by atoms with Gasteiger partial charge >= 0.3 is 11.9 Å². The third-order valence-corrected chi connectivity index (χ3v) is 11.4. The standard InChI is InChI=1S/C13H12F2N2O4S2.C11H10Cl2N2O4S3/c1-2-21-12(18)6-9-7-16-13(22-9)17-23(19,20)11-4-3-8(14)5-10(11)15;1-2-19-9(16)3-6-5-14-11(20-6)15-22(17,18)7-4-8(12)21-10(7)13/h3-5,7H,2,6H2,1H3,(H,16,17);4-5H,2-3H2,1H3,(H,14,15). The second-order valence-corrected chi connectivity index (χ2v) is 16.0. The predicted octanol–water partition coefficient (Wildman–Crippen LogP) is 5.75. The fourth-order valence-electron chi connectivity index (χ4n) is 3.12. The van der Waals surface area contributed by atoms with Crippen molar-refractivity contribution in [2.24, 2.45) is 0 Å². The molecule has 1 aromatic carbocycles. The number of halogens is 4. The lowest BCUT2D eigenvalue weighted by Crippen LogP contribution is -2.14. The molecule has 244 valence electrons. The minimum absolute atomic E-state index is 0.0342. The van der Waals surface area contributed by atoms with E-state index in [1.165, 1.54) is 18.5 Å². The molecular weight excluding hydrogens is 742 g/mol. The van der Waals surface area contributed by atoms with Gasteiger partial charge in [0.25, 0.3) is 20.0 Å². The van der Waals surface area contributed by atoms with Crippen LogP contribution in [0.25, 0.3) is 0 Å². The summed E-state index contributed by atoms with van der Waals surface area (Å²) in [5.74, 6) is -2.95. The largest absolute Gasteiger partial charge is 0.466 e. The molecule has 0 aliphatic heterocycles. The molecule has 0 atom stereocenters. The number of anilines is 2. The number of hydrogen-bond donors (Lipinski definition) is 2. The Bertz CT molecular complexity index is 1880. The van der Waals surface area contributed by atoms with Gasteiger partial charge < -0.3 is 9.47 Å². The second-order valence-electron chi connectivity index (χ2n) is 8.20. The first-order chi connectivity index (χ1) is 21.1. The van der Waals surface area contributed by atoms with Gasteiger partial charge in [0, 0.05) is 28.2 Å². The van der Waals surface area contributed by atoms with Gasteiger partial charge in [-0.2, -0.15) is 0 Å². The van der Waals surface area contributed by atoms with Crippen LogP contribution in [-0.2, 0) is 52.0 Å². The molecule has 0 bridgehead atoms. The highest BCUT2D eigenvalue weighted by molar-refractivity contribution is 7.93. The maximum absolute atomic E-state index is 13.6. The second kappa shape index (κ2) is 16.1. The molecule has 0 aliphatic rings. The summed E-state index contributed by atoms with van der Waals surface area (Å²) in [6, 6.07) is 3.40. The van der Waals surface area contributed by atoms with Crippen LogP contribution in [0.2, 0.25) is 8.67 Å². The Balaban J connectivity index is 0.000000246. The highest BCUT2D eigenvalue weighted by atomic mass is 35.5. The van der Waals surface area contributed by atoms with E-state index in [4.69, 9.17) is 32.7 Å². The smallest absolute Gasteiger partial charge is 0.311 e. The number of aromatic nitrogens is 2. The number of hydrogen-bond acceptors (Lipinski definition) is 13. The Morgan fingerprint density at radius 2 is 1.29 bits per heavy atom. The van der Waals surface area contributed by atoms with E-state index in [0.29, 0.717) is 15.8 Å². The number of nitrogens with zero attached hydrogens (tertiary/aromatic N) is 2. The molecule has 45 heavy (non-hydrogen) atoms. The van der Waals surface area contributed by atoms with Crippen LogP contribution in [-0.4, -0.2) is 52.0 Å². The summed E-state index contributed by atoms with van der Waals surface area (Å²) in [7, 11) is -8.12. The first-order valence-corrected chi connectivity index (χ1v) is 18.5. The highest BCUT2D eigenvalue weighted by Crippen LogP contribution is 2.35. The Kier molecular flexibility index (Phi) is 13.0. The Hall–Kier alpha value is -2.94. The zero-order chi connectivity index (χ0) is 33.4. The fraction of sp³-hybridized carbons (Fsp3) is 0.250. The number of nitrogens with one attached hydrogen (secondary N) is 2. The molecule has 0 spiro atoms. The minimum Gasteiger partial charge on any atom is -0.466 e. The molecule has 4 aromatic rings. The van der Waals surface area contributed by atoms with E-state index in [0.717, 1.165) is 46.1 Å². The van der Waals surface area contributed by atoms with Crippen LogP contribution in [0, 0.1) is 11.6 Å². The van der Waals surface area contributed by atoms with Crippen molar-refractivity contribution >= 4 is 99.5 Å². The number of rotatable bonds is 12. The van der Waals surface area contributed by atoms with Crippen molar-refractivity contribution in [1.29, 1.82) is 0 Å². The molecule has 3 aromatic heterocycles. The summed E-state index contributed by atoms with van der Waals surface area (Å²) in [5.41, 5.74) is 0. The van der Waals surface area contributed by atoms with Crippen LogP contribution < -0.4 is 9.44 Å². The quantitative estimate of drug-likeness (QED) is 0.170. The van der Waals surface area contributed by atoms with E-state index in [2.05, 4.69) is 19.4 Å². The van der Waals surface area contributed by atoms with Crippen molar-refractivity contribution in [3.8, 4) is 0 Å². The molecule has 0 amide bonds. The van der Waals surface area contributed by atoms with Gasteiger partial charge in [0.2, 0.25) is 0 Å². The van der Waals surface area contributed by atoms with E-state index in [-0.39, 0.29) is 49.9 Å². The van der Waals surface area contributed by atoms with E-state index in [1.807, 2.05) is 0 Å². The van der Waals surface area contributed by atoms with E-state index < -0.39 is 48.5 Å². The van der Waals surface area contributed by atoms with Crippen molar-refractivity contribution in [3.05, 3.63) is 66.7 Å². The Morgan fingerprint density at radius 1 is 0.800 bits per heavy atom. The van der Waals surface area contributed by atoms with Crippen molar-refractivity contribution < 1.29 is 44.7 Å². The highest BCUT2D eigenvalue weighted by Gasteiger charge is 2.23. The molecule has 3 heterocycles. The number of carbonyl (C=O) groups excluding carboxylic acids is 2. The van der Waals surface area contributed by atoms with Gasteiger partial charge in [-0.05, 0) is 32.0 Å². The zero-order valence-corrected chi connectivity index (χ0v) is 28.6. The number of benzene rings is 1. The summed E-state index contributed by atoms with van der Waals surface area (Å²) in [5, 5.41) is 0.103. The molecule has 0 unspecified atom stereocenters. The molecule has 12 nitrogen and oxygen atoms in total. The van der Waals surface area contributed by atoms with Gasteiger partial charge in [-0.1, -0.05) is 23.2 Å². The molecule has 2 N–H and O–H groups in total. The normalized spacial score (nSPS) is 11.3. The summed E-state index contributed by atoms with van der Waals surface area (Å²) < 4.78 is 89.3. The van der Waals surface area contributed by atoms with E-state index in [1.54, 1.807) is 13.8 Å². The molecule has 0 saturated carbocycles. The average Bonchev–Trinajstić information content (AvgIpc) is 3.64. The molecule has 0 aliphatic carbocycles. The number of carbonyl (C=O) groups is 2. The summed E-state index contributed by atoms with van der Waals surface area (Å²) in [6.45, 7) is 3.90. The van der Waals surface area contributed by atoms with Gasteiger partial charge in [-0.3, -0.25) is 19.0 Å². The van der Waals surface area contributed by atoms with Crippen molar-refractivity contribution in [3.63, 3.8) is 0 Å².